The van der Waals surface area contributed by atoms with Crippen molar-refractivity contribution < 1.29 is 9.47 Å². The molecule has 0 bridgehead atoms. The molecule has 2 aliphatic heterocycles. The van der Waals surface area contributed by atoms with Gasteiger partial charge in [0.25, 0.3) is 0 Å². The highest BCUT2D eigenvalue weighted by molar-refractivity contribution is 9.10. The third kappa shape index (κ3) is 2.74. The van der Waals surface area contributed by atoms with Crippen molar-refractivity contribution in [1.82, 2.24) is 10.2 Å². The summed E-state index contributed by atoms with van der Waals surface area (Å²) in [6.07, 6.45) is 5.43. The Kier molecular flexibility index (Phi) is 4.29. The number of hydrogen-bond acceptors (Lipinski definition) is 4. The van der Waals surface area contributed by atoms with Gasteiger partial charge in [0.2, 0.25) is 6.79 Å². The Labute approximate surface area is 140 Å². The fourth-order valence-electron chi connectivity index (χ4n) is 4.14. The van der Waals surface area contributed by atoms with E-state index >= 15 is 0 Å². The largest absolute Gasteiger partial charge is 0.454 e. The Balaban J connectivity index is 1.70. The number of hydrogen-bond donors (Lipinski definition) is 1. The lowest BCUT2D eigenvalue weighted by molar-refractivity contribution is 0.125. The van der Waals surface area contributed by atoms with Crippen LogP contribution in [0.2, 0.25) is 0 Å². The maximum Gasteiger partial charge on any atom is 0.231 e. The van der Waals surface area contributed by atoms with Gasteiger partial charge in [0.05, 0.1) is 0 Å². The Morgan fingerprint density at radius 3 is 2.50 bits per heavy atom. The minimum atomic E-state index is 0.340. The number of nitrogens with one attached hydrogen (secondary N) is 1. The van der Waals surface area contributed by atoms with Crippen LogP contribution in [0.4, 0.5) is 0 Å². The summed E-state index contributed by atoms with van der Waals surface area (Å²) in [5, 5.41) is 3.47. The van der Waals surface area contributed by atoms with Crippen LogP contribution in [0.15, 0.2) is 16.6 Å². The highest BCUT2D eigenvalue weighted by Crippen LogP contribution is 2.46. The van der Waals surface area contributed by atoms with E-state index in [0.717, 1.165) is 48.1 Å². The second kappa shape index (κ2) is 6.38. The van der Waals surface area contributed by atoms with E-state index in [1.807, 2.05) is 0 Å². The van der Waals surface area contributed by atoms with Crippen LogP contribution in [0.1, 0.15) is 37.3 Å². The van der Waals surface area contributed by atoms with Crippen molar-refractivity contribution in [3.05, 3.63) is 22.2 Å². The standard InChI is InChI=1S/C17H23BrN2O2/c18-14-10-16-15(21-11-22-16)9-13(14)17(12-3-1-2-4-12)20-7-5-19-6-8-20/h9-10,12,17,19H,1-8,11H2/t17-/m0/s1. The van der Waals surface area contributed by atoms with E-state index in [1.165, 1.54) is 31.2 Å². The molecular weight excluding hydrogens is 344 g/mol. The average molecular weight is 367 g/mol. The normalized spacial score (nSPS) is 23.9. The fraction of sp³-hybridized carbons (Fsp3) is 0.647. The van der Waals surface area contributed by atoms with E-state index in [1.54, 1.807) is 0 Å². The number of halogens is 1. The van der Waals surface area contributed by atoms with Gasteiger partial charge in [-0.05, 0) is 36.5 Å². The zero-order chi connectivity index (χ0) is 14.9. The van der Waals surface area contributed by atoms with Gasteiger partial charge < -0.3 is 14.8 Å². The molecule has 1 aromatic carbocycles. The quantitative estimate of drug-likeness (QED) is 0.889. The number of fused-ring (bicyclic) bond motifs is 1. The first kappa shape index (κ1) is 14.8. The molecular formula is C17H23BrN2O2. The summed E-state index contributed by atoms with van der Waals surface area (Å²) in [6, 6.07) is 4.78. The van der Waals surface area contributed by atoms with Gasteiger partial charge in [0.1, 0.15) is 0 Å². The fourth-order valence-corrected chi connectivity index (χ4v) is 4.70. The van der Waals surface area contributed by atoms with Gasteiger partial charge in [-0.1, -0.05) is 28.8 Å². The van der Waals surface area contributed by atoms with Crippen molar-refractivity contribution in [2.75, 3.05) is 33.0 Å². The second-order valence-corrected chi connectivity index (χ2v) is 7.36. The van der Waals surface area contributed by atoms with E-state index in [2.05, 4.69) is 38.3 Å². The monoisotopic (exact) mass is 366 g/mol. The van der Waals surface area contributed by atoms with Gasteiger partial charge in [-0.3, -0.25) is 4.90 Å². The van der Waals surface area contributed by atoms with Crippen LogP contribution in [0.25, 0.3) is 0 Å². The van der Waals surface area contributed by atoms with Crippen molar-refractivity contribution in [2.24, 2.45) is 5.92 Å². The third-order valence-electron chi connectivity index (χ3n) is 5.20. The van der Waals surface area contributed by atoms with Crippen LogP contribution in [0.3, 0.4) is 0 Å². The first-order chi connectivity index (χ1) is 10.8. The van der Waals surface area contributed by atoms with Crippen LogP contribution >= 0.6 is 15.9 Å². The van der Waals surface area contributed by atoms with E-state index in [9.17, 15) is 0 Å². The third-order valence-corrected chi connectivity index (χ3v) is 5.89. The molecule has 1 atom stereocenters. The minimum Gasteiger partial charge on any atom is -0.454 e. The van der Waals surface area contributed by atoms with Crippen LogP contribution in [0, 0.1) is 5.92 Å². The average Bonchev–Trinajstić information content (AvgIpc) is 3.20. The van der Waals surface area contributed by atoms with Crippen molar-refractivity contribution in [2.45, 2.75) is 31.7 Å². The first-order valence-electron chi connectivity index (χ1n) is 8.37. The molecule has 0 aromatic heterocycles. The van der Waals surface area contributed by atoms with Crippen molar-refractivity contribution >= 4 is 15.9 Å². The zero-order valence-electron chi connectivity index (χ0n) is 12.8. The zero-order valence-corrected chi connectivity index (χ0v) is 14.4. The van der Waals surface area contributed by atoms with Gasteiger partial charge in [0.15, 0.2) is 11.5 Å². The molecule has 4 rings (SSSR count). The predicted molar refractivity (Wildman–Crippen MR) is 89.4 cm³/mol. The first-order valence-corrected chi connectivity index (χ1v) is 9.16. The number of ether oxygens (including phenoxy) is 2. The summed E-state index contributed by atoms with van der Waals surface area (Å²) in [5.74, 6) is 2.52. The molecule has 1 saturated carbocycles. The van der Waals surface area contributed by atoms with E-state index in [4.69, 9.17) is 9.47 Å². The molecule has 4 nitrogen and oxygen atoms in total. The molecule has 120 valence electrons. The van der Waals surface area contributed by atoms with Gasteiger partial charge in [-0.25, -0.2) is 0 Å². The Morgan fingerprint density at radius 1 is 1.09 bits per heavy atom. The summed E-state index contributed by atoms with van der Waals surface area (Å²) in [4.78, 5) is 2.66. The van der Waals surface area contributed by atoms with E-state index < -0.39 is 0 Å². The highest BCUT2D eigenvalue weighted by Gasteiger charge is 2.34. The Bertz CT molecular complexity index is 540. The summed E-state index contributed by atoms with van der Waals surface area (Å²) >= 11 is 3.79. The predicted octanol–water partition coefficient (Wildman–Crippen LogP) is 3.31. The SMILES string of the molecule is Brc1cc2c(cc1[C@H](C1CCCC1)N1CCNCC1)OCO2. The molecule has 1 aliphatic carbocycles. The Hall–Kier alpha value is -0.780. The van der Waals surface area contributed by atoms with Gasteiger partial charge in [-0.15, -0.1) is 0 Å². The molecule has 2 heterocycles. The Morgan fingerprint density at radius 2 is 1.77 bits per heavy atom. The smallest absolute Gasteiger partial charge is 0.231 e. The van der Waals surface area contributed by atoms with Crippen LogP contribution in [0.5, 0.6) is 11.5 Å². The maximum atomic E-state index is 5.62. The van der Waals surface area contributed by atoms with E-state index in [-0.39, 0.29) is 0 Å². The molecule has 0 radical (unpaired) electrons. The highest BCUT2D eigenvalue weighted by atomic mass is 79.9. The number of rotatable bonds is 3. The molecule has 0 amide bonds. The summed E-state index contributed by atoms with van der Waals surface area (Å²) in [7, 11) is 0. The summed E-state index contributed by atoms with van der Waals surface area (Å²) in [6.45, 7) is 4.77. The van der Waals surface area contributed by atoms with Gasteiger partial charge in [0, 0.05) is 36.7 Å². The molecule has 3 aliphatic rings. The molecule has 2 fully saturated rings. The second-order valence-electron chi connectivity index (χ2n) is 6.50. The molecule has 1 saturated heterocycles. The van der Waals surface area contributed by atoms with Crippen LogP contribution < -0.4 is 14.8 Å². The van der Waals surface area contributed by atoms with Gasteiger partial charge in [-0.2, -0.15) is 0 Å². The number of benzene rings is 1. The molecule has 0 spiro atoms. The summed E-state index contributed by atoms with van der Waals surface area (Å²) < 4.78 is 12.3. The lowest BCUT2D eigenvalue weighted by Crippen LogP contribution is -2.46. The molecule has 0 unspecified atom stereocenters. The lowest BCUT2D eigenvalue weighted by Gasteiger charge is -2.39. The molecule has 5 heteroatoms. The number of piperazine rings is 1. The molecule has 1 N–H and O–H groups in total. The van der Waals surface area contributed by atoms with Crippen molar-refractivity contribution in [1.29, 1.82) is 0 Å². The topological polar surface area (TPSA) is 33.7 Å². The number of nitrogens with zero attached hydrogens (tertiary/aromatic N) is 1. The molecule has 1 aromatic rings. The van der Waals surface area contributed by atoms with Gasteiger partial charge >= 0.3 is 0 Å². The summed E-state index contributed by atoms with van der Waals surface area (Å²) in [5.41, 5.74) is 1.37. The van der Waals surface area contributed by atoms with Crippen LogP contribution in [-0.2, 0) is 0 Å². The van der Waals surface area contributed by atoms with Crippen molar-refractivity contribution in [3.63, 3.8) is 0 Å². The molecule has 22 heavy (non-hydrogen) atoms. The van der Waals surface area contributed by atoms with Crippen molar-refractivity contribution in [3.8, 4) is 11.5 Å². The van der Waals surface area contributed by atoms with Crippen LogP contribution in [-0.4, -0.2) is 37.9 Å². The van der Waals surface area contributed by atoms with E-state index in [0.29, 0.717) is 12.8 Å². The lowest BCUT2D eigenvalue weighted by atomic mass is 9.89. The maximum absolute atomic E-state index is 5.62. The minimum absolute atomic E-state index is 0.340.